The van der Waals surface area contributed by atoms with E-state index in [1.165, 1.54) is 13.8 Å². The minimum atomic E-state index is -0.111. The third kappa shape index (κ3) is 5.14. The number of nitrogens with zero attached hydrogens (tertiary/aromatic N) is 1. The van der Waals surface area contributed by atoms with Crippen molar-refractivity contribution in [1.29, 1.82) is 0 Å². The van der Waals surface area contributed by atoms with Gasteiger partial charge in [-0.1, -0.05) is 18.2 Å². The van der Waals surface area contributed by atoms with Crippen molar-refractivity contribution in [1.82, 2.24) is 5.32 Å². The van der Waals surface area contributed by atoms with E-state index < -0.39 is 0 Å². The van der Waals surface area contributed by atoms with E-state index >= 15 is 0 Å². The molecule has 0 atom stereocenters. The van der Waals surface area contributed by atoms with Gasteiger partial charge in [0.1, 0.15) is 11.5 Å². The minimum Gasteiger partial charge on any atom is -0.457 e. The van der Waals surface area contributed by atoms with Crippen LogP contribution in [-0.4, -0.2) is 24.9 Å². The smallest absolute Gasteiger partial charge is 0.223 e. The van der Waals surface area contributed by atoms with Gasteiger partial charge in [-0.25, -0.2) is 0 Å². The van der Waals surface area contributed by atoms with Crippen LogP contribution in [0.15, 0.2) is 54.6 Å². The number of amides is 2. The molecule has 120 valence electrons. The summed E-state index contributed by atoms with van der Waals surface area (Å²) in [5.74, 6) is 1.27. The molecule has 2 rings (SSSR count). The van der Waals surface area contributed by atoms with Crippen LogP contribution in [0.5, 0.6) is 11.5 Å². The number of hydrogen-bond acceptors (Lipinski definition) is 3. The van der Waals surface area contributed by atoms with E-state index in [2.05, 4.69) is 5.32 Å². The Balaban J connectivity index is 2.03. The first-order valence-electron chi connectivity index (χ1n) is 7.42. The lowest BCUT2D eigenvalue weighted by atomic mass is 10.2. The number of anilines is 1. The molecule has 0 fully saturated rings. The van der Waals surface area contributed by atoms with Gasteiger partial charge in [0.25, 0.3) is 0 Å². The number of carbonyl (C=O) groups is 2. The summed E-state index contributed by atoms with van der Waals surface area (Å²) < 4.78 is 5.73. The third-order valence-electron chi connectivity index (χ3n) is 3.22. The number of carbonyl (C=O) groups excluding carboxylic acids is 2. The molecule has 0 bridgehead atoms. The number of rotatable bonds is 6. The Labute approximate surface area is 135 Å². The summed E-state index contributed by atoms with van der Waals surface area (Å²) in [7, 11) is 0. The van der Waals surface area contributed by atoms with E-state index in [0.29, 0.717) is 18.8 Å². The van der Waals surface area contributed by atoms with Crippen LogP contribution in [-0.2, 0) is 9.59 Å². The first-order chi connectivity index (χ1) is 11.1. The molecule has 0 heterocycles. The van der Waals surface area contributed by atoms with E-state index in [1.54, 1.807) is 4.90 Å². The second-order valence-electron chi connectivity index (χ2n) is 5.06. The molecule has 0 aliphatic rings. The summed E-state index contributed by atoms with van der Waals surface area (Å²) in [5.41, 5.74) is 0.767. The summed E-state index contributed by atoms with van der Waals surface area (Å²) in [4.78, 5) is 24.3. The Kier molecular flexibility index (Phi) is 5.74. The highest BCUT2D eigenvalue weighted by molar-refractivity contribution is 5.91. The van der Waals surface area contributed by atoms with Gasteiger partial charge in [0.05, 0.1) is 0 Å². The van der Waals surface area contributed by atoms with Crippen LogP contribution >= 0.6 is 0 Å². The highest BCUT2D eigenvalue weighted by atomic mass is 16.5. The normalized spacial score (nSPS) is 10.0. The van der Waals surface area contributed by atoms with Gasteiger partial charge in [-0.05, 0) is 36.4 Å². The molecule has 2 aromatic rings. The highest BCUT2D eigenvalue weighted by Crippen LogP contribution is 2.24. The molecule has 0 saturated carbocycles. The molecule has 2 aromatic carbocycles. The average Bonchev–Trinajstić information content (AvgIpc) is 2.53. The SMILES string of the molecule is CC(=O)NCCN(C(C)=O)c1ccc(Oc2ccccc2)cc1. The van der Waals surface area contributed by atoms with Gasteiger partial charge in [-0.15, -0.1) is 0 Å². The van der Waals surface area contributed by atoms with Crippen molar-refractivity contribution >= 4 is 17.5 Å². The predicted molar refractivity (Wildman–Crippen MR) is 89.7 cm³/mol. The van der Waals surface area contributed by atoms with Gasteiger partial charge in [0.15, 0.2) is 0 Å². The average molecular weight is 312 g/mol. The van der Waals surface area contributed by atoms with Crippen molar-refractivity contribution in [2.24, 2.45) is 0 Å². The zero-order valence-corrected chi connectivity index (χ0v) is 13.3. The van der Waals surface area contributed by atoms with E-state index in [9.17, 15) is 9.59 Å². The lowest BCUT2D eigenvalue weighted by Gasteiger charge is -2.21. The number of ether oxygens (including phenoxy) is 1. The molecule has 0 spiro atoms. The molecule has 5 nitrogen and oxygen atoms in total. The Morgan fingerprint density at radius 3 is 2.13 bits per heavy atom. The fourth-order valence-electron chi connectivity index (χ4n) is 2.13. The maximum Gasteiger partial charge on any atom is 0.223 e. The molecule has 23 heavy (non-hydrogen) atoms. The Bertz CT molecular complexity index is 654. The molecule has 0 aliphatic heterocycles. The topological polar surface area (TPSA) is 58.6 Å². The molecular formula is C18H20N2O3. The number of nitrogens with one attached hydrogen (secondary N) is 1. The zero-order valence-electron chi connectivity index (χ0n) is 13.3. The summed E-state index contributed by atoms with van der Waals surface area (Å²) in [5, 5.41) is 2.69. The van der Waals surface area contributed by atoms with E-state index in [0.717, 1.165) is 11.4 Å². The molecule has 2 amide bonds. The summed E-state index contributed by atoms with van der Waals surface area (Å²) in [6.07, 6.45) is 0. The van der Waals surface area contributed by atoms with Crippen LogP contribution in [0.4, 0.5) is 5.69 Å². The maximum atomic E-state index is 11.8. The third-order valence-corrected chi connectivity index (χ3v) is 3.22. The Hall–Kier alpha value is -2.82. The highest BCUT2D eigenvalue weighted by Gasteiger charge is 2.11. The molecule has 0 unspecified atom stereocenters. The monoisotopic (exact) mass is 312 g/mol. The number of benzene rings is 2. The quantitative estimate of drug-likeness (QED) is 0.892. The summed E-state index contributed by atoms with van der Waals surface area (Å²) >= 11 is 0. The van der Waals surface area contributed by atoms with Gasteiger partial charge >= 0.3 is 0 Å². The largest absolute Gasteiger partial charge is 0.457 e. The number of para-hydroxylation sites is 1. The molecular weight excluding hydrogens is 292 g/mol. The van der Waals surface area contributed by atoms with Gasteiger partial charge < -0.3 is 15.0 Å². The second kappa shape index (κ2) is 7.98. The van der Waals surface area contributed by atoms with Gasteiger partial charge in [-0.3, -0.25) is 9.59 Å². The summed E-state index contributed by atoms with van der Waals surface area (Å²) in [6, 6.07) is 16.8. The van der Waals surface area contributed by atoms with Crippen molar-refractivity contribution in [3.63, 3.8) is 0 Å². The van der Waals surface area contributed by atoms with Crippen molar-refractivity contribution in [2.45, 2.75) is 13.8 Å². The molecule has 0 radical (unpaired) electrons. The lowest BCUT2D eigenvalue weighted by molar-refractivity contribution is -0.119. The molecule has 5 heteroatoms. The fraction of sp³-hybridized carbons (Fsp3) is 0.222. The standard InChI is InChI=1S/C18H20N2O3/c1-14(21)19-12-13-20(15(2)22)16-8-10-18(11-9-16)23-17-6-4-3-5-7-17/h3-11H,12-13H2,1-2H3,(H,19,21). The van der Waals surface area contributed by atoms with Crippen molar-refractivity contribution in [2.75, 3.05) is 18.0 Å². The fourth-order valence-corrected chi connectivity index (χ4v) is 2.13. The van der Waals surface area contributed by atoms with E-state index in [1.807, 2.05) is 54.6 Å². The second-order valence-corrected chi connectivity index (χ2v) is 5.06. The number of hydrogen-bond donors (Lipinski definition) is 1. The first kappa shape index (κ1) is 16.5. The van der Waals surface area contributed by atoms with Gasteiger partial charge in [0, 0.05) is 32.6 Å². The lowest BCUT2D eigenvalue weighted by Crippen LogP contribution is -2.36. The van der Waals surface area contributed by atoms with Crippen LogP contribution < -0.4 is 15.0 Å². The minimum absolute atomic E-state index is 0.0768. The van der Waals surface area contributed by atoms with Crippen LogP contribution in [0.2, 0.25) is 0 Å². The van der Waals surface area contributed by atoms with E-state index in [-0.39, 0.29) is 11.8 Å². The summed E-state index contributed by atoms with van der Waals surface area (Å²) in [6.45, 7) is 3.79. The van der Waals surface area contributed by atoms with Crippen molar-refractivity contribution in [3.8, 4) is 11.5 Å². The molecule has 0 aliphatic carbocycles. The first-order valence-corrected chi connectivity index (χ1v) is 7.42. The Morgan fingerprint density at radius 2 is 1.57 bits per heavy atom. The zero-order chi connectivity index (χ0) is 16.7. The maximum absolute atomic E-state index is 11.8. The van der Waals surface area contributed by atoms with Crippen LogP contribution in [0, 0.1) is 0 Å². The van der Waals surface area contributed by atoms with Crippen molar-refractivity contribution in [3.05, 3.63) is 54.6 Å². The van der Waals surface area contributed by atoms with Gasteiger partial charge in [-0.2, -0.15) is 0 Å². The van der Waals surface area contributed by atoms with Crippen LogP contribution in [0.3, 0.4) is 0 Å². The molecule has 0 saturated heterocycles. The predicted octanol–water partition coefficient (Wildman–Crippen LogP) is 2.97. The van der Waals surface area contributed by atoms with Crippen LogP contribution in [0.1, 0.15) is 13.8 Å². The Morgan fingerprint density at radius 1 is 0.957 bits per heavy atom. The van der Waals surface area contributed by atoms with Gasteiger partial charge in [0.2, 0.25) is 11.8 Å². The van der Waals surface area contributed by atoms with E-state index in [4.69, 9.17) is 4.74 Å². The van der Waals surface area contributed by atoms with Crippen LogP contribution in [0.25, 0.3) is 0 Å². The molecule has 0 aromatic heterocycles. The van der Waals surface area contributed by atoms with Crippen molar-refractivity contribution < 1.29 is 14.3 Å². The molecule has 1 N–H and O–H groups in total.